The smallest absolute Gasteiger partial charge is 0.408 e. The molecule has 1 heterocycles. The number of nitrogens with one attached hydrogen (secondary N) is 2. The van der Waals surface area contributed by atoms with Gasteiger partial charge in [0.15, 0.2) is 5.58 Å². The van der Waals surface area contributed by atoms with Gasteiger partial charge in [-0.15, -0.1) is 0 Å². The Labute approximate surface area is 102 Å². The summed E-state index contributed by atoms with van der Waals surface area (Å²) in [6.07, 6.45) is 0. The zero-order valence-electron chi connectivity index (χ0n) is 10.0. The molecule has 18 heavy (non-hydrogen) atoms. The van der Waals surface area contributed by atoms with Gasteiger partial charge in [-0.05, 0) is 19.9 Å². The number of hydrogen-bond acceptors (Lipinski definition) is 5. The molecular formula is C11H14N4O3. The Morgan fingerprint density at radius 2 is 2.11 bits per heavy atom. The summed E-state index contributed by atoms with van der Waals surface area (Å²) in [7, 11) is 0. The van der Waals surface area contributed by atoms with Crippen LogP contribution < -0.4 is 22.5 Å². The van der Waals surface area contributed by atoms with Crippen molar-refractivity contribution in [1.29, 1.82) is 0 Å². The topological polar surface area (TPSA) is 127 Å². The number of benzene rings is 1. The first kappa shape index (κ1) is 12.0. The number of nitrogen functional groups attached to an aromatic ring is 1. The zero-order valence-corrected chi connectivity index (χ0v) is 10.0. The Balaban J connectivity index is 2.48. The molecule has 0 saturated carbocycles. The largest absolute Gasteiger partial charge is 0.417 e. The Hall–Kier alpha value is -2.44. The molecule has 1 aromatic carbocycles. The number of aromatic amines is 1. The Kier molecular flexibility index (Phi) is 2.54. The van der Waals surface area contributed by atoms with E-state index in [2.05, 4.69) is 10.3 Å². The van der Waals surface area contributed by atoms with E-state index in [1.54, 1.807) is 19.9 Å². The number of aromatic nitrogens is 1. The highest BCUT2D eigenvalue weighted by molar-refractivity contribution is 5.91. The van der Waals surface area contributed by atoms with E-state index in [1.807, 2.05) is 0 Å². The van der Waals surface area contributed by atoms with E-state index in [0.29, 0.717) is 22.5 Å². The predicted octanol–water partition coefficient (Wildman–Crippen LogP) is 0.379. The summed E-state index contributed by atoms with van der Waals surface area (Å²) in [5.41, 5.74) is 11.8. The lowest BCUT2D eigenvalue weighted by Crippen LogP contribution is -2.45. The van der Waals surface area contributed by atoms with E-state index < -0.39 is 17.2 Å². The Bertz CT molecular complexity index is 668. The molecular weight excluding hydrogens is 236 g/mol. The van der Waals surface area contributed by atoms with Crippen LogP contribution in [0.1, 0.15) is 13.8 Å². The van der Waals surface area contributed by atoms with Crippen molar-refractivity contribution in [3.05, 3.63) is 22.7 Å². The number of H-pyrrole nitrogens is 1. The van der Waals surface area contributed by atoms with E-state index >= 15 is 0 Å². The fraction of sp³-hybridized carbons (Fsp3) is 0.273. The molecule has 0 spiro atoms. The van der Waals surface area contributed by atoms with Gasteiger partial charge in [0.25, 0.3) is 0 Å². The number of amides is 1. The number of primary amides is 1. The van der Waals surface area contributed by atoms with Crippen LogP contribution in [0.15, 0.2) is 21.3 Å². The van der Waals surface area contributed by atoms with Gasteiger partial charge in [-0.3, -0.25) is 9.78 Å². The minimum absolute atomic E-state index is 0.361. The van der Waals surface area contributed by atoms with Crippen LogP contribution in [-0.2, 0) is 4.79 Å². The average molecular weight is 250 g/mol. The van der Waals surface area contributed by atoms with Crippen molar-refractivity contribution in [1.82, 2.24) is 4.98 Å². The average Bonchev–Trinajstić information content (AvgIpc) is 2.57. The van der Waals surface area contributed by atoms with Gasteiger partial charge in [-0.25, -0.2) is 4.79 Å². The third-order valence-corrected chi connectivity index (χ3v) is 2.65. The summed E-state index contributed by atoms with van der Waals surface area (Å²) in [4.78, 5) is 24.8. The molecule has 0 aliphatic heterocycles. The normalized spacial score (nSPS) is 11.7. The maximum atomic E-state index is 11.2. The van der Waals surface area contributed by atoms with Gasteiger partial charge in [-0.2, -0.15) is 0 Å². The number of hydrogen-bond donors (Lipinski definition) is 4. The van der Waals surface area contributed by atoms with E-state index in [-0.39, 0.29) is 0 Å². The highest BCUT2D eigenvalue weighted by Crippen LogP contribution is 2.26. The van der Waals surface area contributed by atoms with Gasteiger partial charge in [0.05, 0.1) is 16.9 Å². The number of rotatable bonds is 3. The van der Waals surface area contributed by atoms with Gasteiger partial charge in [0.2, 0.25) is 5.91 Å². The number of carbonyl (C=O) groups excluding carboxylic acids is 1. The third kappa shape index (κ3) is 2.02. The summed E-state index contributed by atoms with van der Waals surface area (Å²) in [5, 5.41) is 2.92. The number of oxazole rings is 1. The van der Waals surface area contributed by atoms with Crippen LogP contribution in [0, 0.1) is 0 Å². The third-order valence-electron chi connectivity index (χ3n) is 2.65. The van der Waals surface area contributed by atoms with Crippen molar-refractivity contribution in [2.75, 3.05) is 11.1 Å². The summed E-state index contributed by atoms with van der Waals surface area (Å²) < 4.78 is 4.87. The number of nitrogens with two attached hydrogens (primary N) is 2. The van der Waals surface area contributed by atoms with Crippen molar-refractivity contribution >= 4 is 28.4 Å². The lowest BCUT2D eigenvalue weighted by molar-refractivity contribution is -0.121. The van der Waals surface area contributed by atoms with Crippen molar-refractivity contribution in [2.24, 2.45) is 5.73 Å². The second kappa shape index (κ2) is 3.80. The van der Waals surface area contributed by atoms with Gasteiger partial charge in [-0.1, -0.05) is 0 Å². The van der Waals surface area contributed by atoms with E-state index in [1.165, 1.54) is 6.07 Å². The highest BCUT2D eigenvalue weighted by atomic mass is 16.4. The van der Waals surface area contributed by atoms with Crippen LogP contribution in [0.5, 0.6) is 0 Å². The first-order valence-electron chi connectivity index (χ1n) is 5.30. The van der Waals surface area contributed by atoms with Crippen LogP contribution in [0.2, 0.25) is 0 Å². The van der Waals surface area contributed by atoms with Crippen LogP contribution in [0.3, 0.4) is 0 Å². The summed E-state index contributed by atoms with van der Waals surface area (Å²) in [6, 6.07) is 3.10. The van der Waals surface area contributed by atoms with E-state index in [4.69, 9.17) is 15.9 Å². The molecule has 0 aliphatic rings. The predicted molar refractivity (Wildman–Crippen MR) is 68.1 cm³/mol. The minimum Gasteiger partial charge on any atom is -0.408 e. The van der Waals surface area contributed by atoms with Crippen molar-refractivity contribution in [3.8, 4) is 0 Å². The van der Waals surface area contributed by atoms with Crippen molar-refractivity contribution in [3.63, 3.8) is 0 Å². The van der Waals surface area contributed by atoms with Crippen LogP contribution in [0.25, 0.3) is 11.1 Å². The monoisotopic (exact) mass is 250 g/mol. The molecule has 6 N–H and O–H groups in total. The number of carbonyl (C=O) groups is 1. The molecule has 0 saturated heterocycles. The zero-order chi connectivity index (χ0) is 13.5. The molecule has 7 heteroatoms. The Morgan fingerprint density at radius 3 is 2.72 bits per heavy atom. The van der Waals surface area contributed by atoms with Gasteiger partial charge in [0, 0.05) is 6.07 Å². The molecule has 96 valence electrons. The molecule has 1 aromatic heterocycles. The molecule has 7 nitrogen and oxygen atoms in total. The SMILES string of the molecule is CC(C)(Nc1cc2[nH]c(=O)oc2cc1N)C(N)=O. The van der Waals surface area contributed by atoms with Crippen LogP contribution >= 0.6 is 0 Å². The number of anilines is 2. The van der Waals surface area contributed by atoms with E-state index in [9.17, 15) is 9.59 Å². The van der Waals surface area contributed by atoms with E-state index in [0.717, 1.165) is 0 Å². The second-order valence-corrected chi connectivity index (χ2v) is 4.56. The maximum Gasteiger partial charge on any atom is 0.417 e. The first-order valence-corrected chi connectivity index (χ1v) is 5.30. The standard InChI is InChI=1S/C11H14N4O3/c1-11(2,9(13)16)15-6-4-7-8(3-5(6)12)18-10(17)14-7/h3-4,15H,12H2,1-2H3,(H2,13,16)(H,14,17). The molecule has 0 atom stereocenters. The van der Waals surface area contributed by atoms with Gasteiger partial charge >= 0.3 is 5.76 Å². The van der Waals surface area contributed by atoms with Gasteiger partial charge in [0.1, 0.15) is 5.54 Å². The summed E-state index contributed by atoms with van der Waals surface area (Å²) >= 11 is 0. The summed E-state index contributed by atoms with van der Waals surface area (Å²) in [6.45, 7) is 3.27. The van der Waals surface area contributed by atoms with Crippen LogP contribution in [0.4, 0.5) is 11.4 Å². The maximum absolute atomic E-state index is 11.2. The molecule has 0 aliphatic carbocycles. The van der Waals surface area contributed by atoms with Crippen LogP contribution in [-0.4, -0.2) is 16.4 Å². The molecule has 0 unspecified atom stereocenters. The molecule has 0 radical (unpaired) electrons. The first-order chi connectivity index (χ1) is 8.29. The molecule has 0 fully saturated rings. The lowest BCUT2D eigenvalue weighted by atomic mass is 10.0. The number of fused-ring (bicyclic) bond motifs is 1. The highest BCUT2D eigenvalue weighted by Gasteiger charge is 2.25. The van der Waals surface area contributed by atoms with Gasteiger partial charge < -0.3 is 21.2 Å². The lowest BCUT2D eigenvalue weighted by Gasteiger charge is -2.24. The molecule has 1 amide bonds. The quantitative estimate of drug-likeness (QED) is 0.585. The fourth-order valence-corrected chi connectivity index (χ4v) is 1.52. The summed E-state index contributed by atoms with van der Waals surface area (Å²) in [5.74, 6) is -1.07. The minimum atomic E-state index is -0.953. The Morgan fingerprint density at radius 1 is 1.44 bits per heavy atom. The fourth-order valence-electron chi connectivity index (χ4n) is 1.52. The molecule has 0 bridgehead atoms. The van der Waals surface area contributed by atoms with Crippen molar-refractivity contribution < 1.29 is 9.21 Å². The molecule has 2 aromatic rings. The van der Waals surface area contributed by atoms with Crippen molar-refractivity contribution in [2.45, 2.75) is 19.4 Å². The second-order valence-electron chi connectivity index (χ2n) is 4.56. The molecule has 2 rings (SSSR count).